The Hall–Kier alpha value is -0.340. The largest absolute Gasteiger partial charge is 0.307 e. The summed E-state index contributed by atoms with van der Waals surface area (Å²) in [7, 11) is 0. The highest BCUT2D eigenvalue weighted by Gasteiger charge is 2.37. The van der Waals surface area contributed by atoms with Gasteiger partial charge in [0.15, 0.2) is 0 Å². The number of thiophene rings is 1. The van der Waals surface area contributed by atoms with E-state index in [2.05, 4.69) is 52.9 Å². The molecule has 1 aromatic rings. The molecule has 0 aliphatic heterocycles. The predicted octanol–water partition coefficient (Wildman–Crippen LogP) is 4.84. The molecule has 102 valence electrons. The number of rotatable bonds is 3. The fraction of sp³-hybridized carbons (Fsp3) is 0.750. The smallest absolute Gasteiger partial charge is 0.0305 e. The summed E-state index contributed by atoms with van der Waals surface area (Å²) in [6.45, 7) is 13.9. The van der Waals surface area contributed by atoms with Gasteiger partial charge in [0.2, 0.25) is 0 Å². The zero-order chi connectivity index (χ0) is 13.5. The molecule has 1 aliphatic rings. The lowest BCUT2D eigenvalue weighted by atomic mass is 9.91. The van der Waals surface area contributed by atoms with Gasteiger partial charge in [0, 0.05) is 21.8 Å². The fourth-order valence-corrected chi connectivity index (χ4v) is 4.63. The molecule has 0 saturated heterocycles. The van der Waals surface area contributed by atoms with Gasteiger partial charge < -0.3 is 5.32 Å². The Morgan fingerprint density at radius 2 is 2.00 bits per heavy atom. The molecule has 1 nitrogen and oxygen atoms in total. The van der Waals surface area contributed by atoms with Crippen LogP contribution in [0, 0.1) is 25.2 Å². The second-order valence-corrected chi connectivity index (χ2v) is 8.37. The number of hydrogen-bond donors (Lipinski definition) is 1. The van der Waals surface area contributed by atoms with Crippen molar-refractivity contribution < 1.29 is 0 Å². The number of hydrogen-bond acceptors (Lipinski definition) is 2. The lowest BCUT2D eigenvalue weighted by molar-refractivity contribution is 0.356. The summed E-state index contributed by atoms with van der Waals surface area (Å²) in [5.41, 5.74) is 2.01. The van der Waals surface area contributed by atoms with Crippen LogP contribution in [0.15, 0.2) is 6.07 Å². The van der Waals surface area contributed by atoms with E-state index in [4.69, 9.17) is 0 Å². The highest BCUT2D eigenvalue weighted by Crippen LogP contribution is 2.41. The van der Waals surface area contributed by atoms with Gasteiger partial charge in [0.1, 0.15) is 0 Å². The summed E-state index contributed by atoms with van der Waals surface area (Å²) in [4.78, 5) is 2.90. The van der Waals surface area contributed by atoms with E-state index in [9.17, 15) is 0 Å². The molecule has 2 heteroatoms. The summed E-state index contributed by atoms with van der Waals surface area (Å²) < 4.78 is 0. The Kier molecular flexibility index (Phi) is 3.89. The molecule has 1 heterocycles. The first-order valence-corrected chi connectivity index (χ1v) is 7.93. The van der Waals surface area contributed by atoms with Gasteiger partial charge in [-0.2, -0.15) is 0 Å². The van der Waals surface area contributed by atoms with Gasteiger partial charge in [-0.1, -0.05) is 20.8 Å². The van der Waals surface area contributed by atoms with Crippen LogP contribution in [0.2, 0.25) is 0 Å². The molecule has 0 radical (unpaired) electrons. The topological polar surface area (TPSA) is 12.0 Å². The number of aryl methyl sites for hydroxylation is 2. The van der Waals surface area contributed by atoms with E-state index in [0.717, 1.165) is 5.92 Å². The molecule has 0 spiro atoms. The average Bonchev–Trinajstić information content (AvgIpc) is 2.66. The van der Waals surface area contributed by atoms with E-state index in [1.165, 1.54) is 28.2 Å². The highest BCUT2D eigenvalue weighted by atomic mass is 32.1. The molecule has 1 aromatic heterocycles. The first kappa shape index (κ1) is 14.1. The van der Waals surface area contributed by atoms with Crippen LogP contribution < -0.4 is 5.32 Å². The molecule has 1 aliphatic carbocycles. The molecule has 1 saturated carbocycles. The van der Waals surface area contributed by atoms with E-state index in [1.54, 1.807) is 0 Å². The van der Waals surface area contributed by atoms with Gasteiger partial charge in [-0.3, -0.25) is 0 Å². The number of nitrogens with one attached hydrogen (secondary N) is 1. The van der Waals surface area contributed by atoms with E-state index < -0.39 is 0 Å². The Balaban J connectivity index is 2.04. The third kappa shape index (κ3) is 2.97. The van der Waals surface area contributed by atoms with Gasteiger partial charge in [0.05, 0.1) is 0 Å². The lowest BCUT2D eigenvalue weighted by Crippen LogP contribution is -2.33. The third-order valence-electron chi connectivity index (χ3n) is 4.34. The maximum absolute atomic E-state index is 3.86. The van der Waals surface area contributed by atoms with Crippen molar-refractivity contribution in [3.05, 3.63) is 21.4 Å². The van der Waals surface area contributed by atoms with Gasteiger partial charge in [-0.15, -0.1) is 11.3 Å². The van der Waals surface area contributed by atoms with Gasteiger partial charge in [0.25, 0.3) is 0 Å². The zero-order valence-electron chi connectivity index (χ0n) is 12.6. The van der Waals surface area contributed by atoms with Crippen LogP contribution in [0.4, 0.5) is 0 Å². The van der Waals surface area contributed by atoms with E-state index >= 15 is 0 Å². The molecule has 1 N–H and O–H groups in total. The molecular formula is C16H27NS. The molecule has 0 bridgehead atoms. The van der Waals surface area contributed by atoms with Crippen molar-refractivity contribution in [2.24, 2.45) is 11.3 Å². The van der Waals surface area contributed by atoms with Crippen LogP contribution in [0.3, 0.4) is 0 Å². The van der Waals surface area contributed by atoms with Crippen molar-refractivity contribution in [1.82, 2.24) is 5.32 Å². The molecule has 1 fully saturated rings. The fourth-order valence-electron chi connectivity index (χ4n) is 3.61. The first-order chi connectivity index (χ1) is 8.28. The summed E-state index contributed by atoms with van der Waals surface area (Å²) in [6.07, 6.45) is 2.65. The predicted molar refractivity (Wildman–Crippen MR) is 81.3 cm³/mol. The van der Waals surface area contributed by atoms with Crippen molar-refractivity contribution >= 4 is 11.3 Å². The minimum Gasteiger partial charge on any atom is -0.307 e. The molecule has 3 atom stereocenters. The molecule has 18 heavy (non-hydrogen) atoms. The molecular weight excluding hydrogens is 238 g/mol. The van der Waals surface area contributed by atoms with Crippen LogP contribution >= 0.6 is 11.3 Å². The molecule has 3 unspecified atom stereocenters. The van der Waals surface area contributed by atoms with Crippen LogP contribution in [-0.4, -0.2) is 6.04 Å². The molecule has 0 aromatic carbocycles. The quantitative estimate of drug-likeness (QED) is 0.824. The summed E-state index contributed by atoms with van der Waals surface area (Å²) in [6, 6.07) is 3.51. The second-order valence-electron chi connectivity index (χ2n) is 6.91. The summed E-state index contributed by atoms with van der Waals surface area (Å²) in [5, 5.41) is 3.86. The van der Waals surface area contributed by atoms with Crippen LogP contribution in [0.1, 0.15) is 61.9 Å². The minimum atomic E-state index is 0.483. The second kappa shape index (κ2) is 4.97. The Morgan fingerprint density at radius 3 is 2.44 bits per heavy atom. The van der Waals surface area contributed by atoms with Crippen molar-refractivity contribution in [2.75, 3.05) is 0 Å². The normalized spacial score (nSPS) is 28.6. The van der Waals surface area contributed by atoms with Crippen molar-refractivity contribution in [2.45, 2.75) is 66.5 Å². The summed E-state index contributed by atoms with van der Waals surface area (Å²) in [5.74, 6) is 0.794. The summed E-state index contributed by atoms with van der Waals surface area (Å²) >= 11 is 1.92. The van der Waals surface area contributed by atoms with Gasteiger partial charge in [-0.25, -0.2) is 0 Å². The van der Waals surface area contributed by atoms with E-state index in [1.807, 2.05) is 11.3 Å². The third-order valence-corrected chi connectivity index (χ3v) is 5.33. The first-order valence-electron chi connectivity index (χ1n) is 7.11. The standard InChI is InChI=1S/C16H27NS/c1-10-8-16(5,6)9-15(10)17-12(3)14-7-11(2)18-13(14)4/h7,10,12,15,17H,8-9H2,1-6H3. The highest BCUT2D eigenvalue weighted by molar-refractivity contribution is 7.12. The SMILES string of the molecule is Cc1cc(C(C)NC2CC(C)(C)CC2C)c(C)s1. The van der Waals surface area contributed by atoms with Gasteiger partial charge >= 0.3 is 0 Å². The van der Waals surface area contributed by atoms with Crippen molar-refractivity contribution in [3.63, 3.8) is 0 Å². The van der Waals surface area contributed by atoms with E-state index in [0.29, 0.717) is 17.5 Å². The average molecular weight is 265 g/mol. The molecule has 0 amide bonds. The van der Waals surface area contributed by atoms with E-state index in [-0.39, 0.29) is 0 Å². The van der Waals surface area contributed by atoms with Crippen LogP contribution in [-0.2, 0) is 0 Å². The van der Waals surface area contributed by atoms with Crippen molar-refractivity contribution in [1.29, 1.82) is 0 Å². The Labute approximate surface area is 116 Å². The van der Waals surface area contributed by atoms with Crippen molar-refractivity contribution in [3.8, 4) is 0 Å². The molecule has 2 rings (SSSR count). The Bertz CT molecular complexity index is 419. The maximum atomic E-state index is 3.86. The maximum Gasteiger partial charge on any atom is 0.0305 e. The minimum absolute atomic E-state index is 0.483. The van der Waals surface area contributed by atoms with Crippen LogP contribution in [0.25, 0.3) is 0 Å². The Morgan fingerprint density at radius 1 is 1.33 bits per heavy atom. The lowest BCUT2D eigenvalue weighted by Gasteiger charge is -2.23. The van der Waals surface area contributed by atoms with Gasteiger partial charge in [-0.05, 0) is 56.6 Å². The van der Waals surface area contributed by atoms with Crippen LogP contribution in [0.5, 0.6) is 0 Å². The monoisotopic (exact) mass is 265 g/mol. The zero-order valence-corrected chi connectivity index (χ0v) is 13.4.